The molecule has 4 N–H and O–H groups in total. The summed E-state index contributed by atoms with van der Waals surface area (Å²) in [7, 11) is 0. The third kappa shape index (κ3) is 4.20. The number of carbonyl (C=O) groups is 2. The minimum atomic E-state index is -2.08. The Morgan fingerprint density at radius 3 is 2.64 bits per heavy atom. The summed E-state index contributed by atoms with van der Waals surface area (Å²) in [5, 5.41) is 23.8. The number of Topliss-reactive ketones (excluding diaryl/α,β-unsaturated/α-hetero) is 1. The molecule has 12 nitrogen and oxygen atoms in total. The van der Waals surface area contributed by atoms with Gasteiger partial charge < -0.3 is 20.5 Å². The average Bonchev–Trinajstić information content (AvgIpc) is 3.50. The van der Waals surface area contributed by atoms with E-state index in [1.807, 2.05) is 0 Å². The molecule has 0 saturated heterocycles. The van der Waals surface area contributed by atoms with E-state index in [1.165, 1.54) is 12.1 Å². The summed E-state index contributed by atoms with van der Waals surface area (Å²) in [6.45, 7) is 1.62. The standard InChI is InChI=1S/C21H21N5O7/c1-10-23-17(24-33-10)12-3-2-4-13(9-12)26-19(29)14(16(27)15(22)20(30)31)18(28)25(21(26)32)8-7-11-5-6-11/h2-4,9,11,15,29H,5-8,22H2,1H3,(H,30,31). The van der Waals surface area contributed by atoms with Gasteiger partial charge in [0.15, 0.2) is 6.04 Å². The molecule has 1 saturated carbocycles. The van der Waals surface area contributed by atoms with E-state index in [-0.39, 0.29) is 18.1 Å². The van der Waals surface area contributed by atoms with Crippen molar-refractivity contribution >= 4 is 11.8 Å². The first-order chi connectivity index (χ1) is 15.7. The summed E-state index contributed by atoms with van der Waals surface area (Å²) in [4.78, 5) is 54.3. The van der Waals surface area contributed by atoms with Gasteiger partial charge in [0.25, 0.3) is 5.56 Å². The van der Waals surface area contributed by atoms with Crippen molar-refractivity contribution in [2.24, 2.45) is 11.7 Å². The van der Waals surface area contributed by atoms with Crippen LogP contribution in [0.1, 0.15) is 35.5 Å². The van der Waals surface area contributed by atoms with E-state index in [2.05, 4.69) is 10.1 Å². The monoisotopic (exact) mass is 455 g/mol. The Morgan fingerprint density at radius 2 is 2.03 bits per heavy atom. The molecule has 3 aromatic rings. The fourth-order valence-corrected chi connectivity index (χ4v) is 3.47. The van der Waals surface area contributed by atoms with Crippen LogP contribution in [0.15, 0.2) is 38.4 Å². The normalized spacial score (nSPS) is 14.2. The summed E-state index contributed by atoms with van der Waals surface area (Å²) in [5.74, 6) is -3.05. The van der Waals surface area contributed by atoms with Gasteiger partial charge in [-0.05, 0) is 24.5 Å². The minimum Gasteiger partial charge on any atom is -0.493 e. The van der Waals surface area contributed by atoms with Crippen molar-refractivity contribution in [2.45, 2.75) is 38.8 Å². The van der Waals surface area contributed by atoms with E-state index in [0.717, 1.165) is 22.0 Å². The molecule has 33 heavy (non-hydrogen) atoms. The van der Waals surface area contributed by atoms with Gasteiger partial charge in [0, 0.05) is 19.0 Å². The maximum atomic E-state index is 13.2. The summed E-state index contributed by atoms with van der Waals surface area (Å²) in [6.07, 6.45) is 2.48. The highest BCUT2D eigenvalue weighted by Gasteiger charge is 2.32. The first-order valence-corrected chi connectivity index (χ1v) is 10.2. The third-order valence-electron chi connectivity index (χ3n) is 5.46. The summed E-state index contributed by atoms with van der Waals surface area (Å²) < 4.78 is 6.56. The smallest absolute Gasteiger partial charge is 0.338 e. The zero-order valence-corrected chi connectivity index (χ0v) is 17.6. The lowest BCUT2D eigenvalue weighted by Crippen LogP contribution is -2.46. The zero-order chi connectivity index (χ0) is 23.9. The second-order valence-corrected chi connectivity index (χ2v) is 7.87. The van der Waals surface area contributed by atoms with Gasteiger partial charge in [0.1, 0.15) is 5.56 Å². The van der Waals surface area contributed by atoms with Crippen LogP contribution in [-0.4, -0.2) is 47.3 Å². The molecule has 1 fully saturated rings. The van der Waals surface area contributed by atoms with Crippen molar-refractivity contribution in [1.29, 1.82) is 0 Å². The molecule has 1 unspecified atom stereocenters. The van der Waals surface area contributed by atoms with Crippen LogP contribution in [0.2, 0.25) is 0 Å². The van der Waals surface area contributed by atoms with Crippen molar-refractivity contribution in [2.75, 3.05) is 0 Å². The Hall–Kier alpha value is -4.06. The topological polar surface area (TPSA) is 184 Å². The SMILES string of the molecule is Cc1nc(-c2cccc(-n3c(O)c(C(=O)C(N)C(=O)O)c(=O)n(CCC4CC4)c3=O)c2)no1. The number of hydrogen-bond acceptors (Lipinski definition) is 9. The van der Waals surface area contributed by atoms with Gasteiger partial charge in [-0.2, -0.15) is 4.98 Å². The zero-order valence-electron chi connectivity index (χ0n) is 17.6. The summed E-state index contributed by atoms with van der Waals surface area (Å²) in [5.41, 5.74) is 3.15. The number of aromatic hydroxyl groups is 1. The molecule has 4 rings (SSSR count). The maximum absolute atomic E-state index is 13.2. The molecule has 12 heteroatoms. The van der Waals surface area contributed by atoms with Crippen LogP contribution < -0.4 is 17.0 Å². The van der Waals surface area contributed by atoms with Crippen molar-refractivity contribution in [3.8, 4) is 23.0 Å². The number of rotatable bonds is 8. The number of nitrogens with zero attached hydrogens (tertiary/aromatic N) is 4. The molecular weight excluding hydrogens is 434 g/mol. The van der Waals surface area contributed by atoms with Crippen molar-refractivity contribution < 1.29 is 24.3 Å². The Morgan fingerprint density at radius 1 is 1.30 bits per heavy atom. The molecule has 1 aliphatic carbocycles. The third-order valence-corrected chi connectivity index (χ3v) is 5.46. The quantitative estimate of drug-likeness (QED) is 0.318. The van der Waals surface area contributed by atoms with E-state index < -0.39 is 40.5 Å². The molecule has 0 spiro atoms. The van der Waals surface area contributed by atoms with Gasteiger partial charge in [-0.3, -0.25) is 19.0 Å². The predicted molar refractivity (Wildman–Crippen MR) is 113 cm³/mol. The molecule has 1 aromatic carbocycles. The van der Waals surface area contributed by atoms with Gasteiger partial charge >= 0.3 is 11.7 Å². The van der Waals surface area contributed by atoms with Crippen LogP contribution in [0.5, 0.6) is 5.88 Å². The van der Waals surface area contributed by atoms with Gasteiger partial charge in [-0.1, -0.05) is 30.1 Å². The predicted octanol–water partition coefficient (Wildman–Crippen LogP) is 0.458. The highest BCUT2D eigenvalue weighted by molar-refractivity contribution is 6.12. The highest BCUT2D eigenvalue weighted by Crippen LogP contribution is 2.32. The summed E-state index contributed by atoms with van der Waals surface area (Å²) in [6, 6.07) is 4.06. The number of aliphatic carboxylic acids is 1. The van der Waals surface area contributed by atoms with Crippen LogP contribution >= 0.6 is 0 Å². The first kappa shape index (κ1) is 22.1. The van der Waals surface area contributed by atoms with Gasteiger partial charge in [-0.15, -0.1) is 0 Å². The number of hydrogen-bond donors (Lipinski definition) is 3. The number of carboxylic acid groups (broad SMARTS) is 1. The number of carbonyl (C=O) groups excluding carboxylic acids is 1. The highest BCUT2D eigenvalue weighted by atomic mass is 16.5. The fraction of sp³-hybridized carbons (Fsp3) is 0.333. The number of benzene rings is 1. The Kier molecular flexibility index (Phi) is 5.68. The van der Waals surface area contributed by atoms with Crippen molar-refractivity contribution in [3.63, 3.8) is 0 Å². The molecule has 0 bridgehead atoms. The lowest BCUT2D eigenvalue weighted by atomic mass is 10.1. The molecule has 1 atom stereocenters. The summed E-state index contributed by atoms with van der Waals surface area (Å²) >= 11 is 0. The number of nitrogens with two attached hydrogens (primary N) is 1. The number of aromatic nitrogens is 4. The molecule has 1 aliphatic rings. The number of aryl methyl sites for hydroxylation is 1. The largest absolute Gasteiger partial charge is 0.493 e. The maximum Gasteiger partial charge on any atom is 0.338 e. The second kappa shape index (κ2) is 8.47. The molecule has 172 valence electrons. The molecule has 0 amide bonds. The van der Waals surface area contributed by atoms with E-state index in [1.54, 1.807) is 19.1 Å². The van der Waals surface area contributed by atoms with Crippen molar-refractivity contribution in [1.82, 2.24) is 19.3 Å². The number of ketones is 1. The van der Waals surface area contributed by atoms with Crippen molar-refractivity contribution in [3.05, 3.63) is 56.6 Å². The van der Waals surface area contributed by atoms with Crippen LogP contribution in [0, 0.1) is 12.8 Å². The van der Waals surface area contributed by atoms with Gasteiger partial charge in [0.05, 0.1) is 5.69 Å². The average molecular weight is 455 g/mol. The second-order valence-electron chi connectivity index (χ2n) is 7.87. The van der Waals surface area contributed by atoms with Crippen LogP contribution in [-0.2, 0) is 11.3 Å². The minimum absolute atomic E-state index is 0.00886. The lowest BCUT2D eigenvalue weighted by Gasteiger charge is -2.16. The van der Waals surface area contributed by atoms with E-state index >= 15 is 0 Å². The molecule has 0 aliphatic heterocycles. The Bertz CT molecular complexity index is 1370. The van der Waals surface area contributed by atoms with Crippen LogP contribution in [0.4, 0.5) is 0 Å². The number of carboxylic acids is 1. The fourth-order valence-electron chi connectivity index (χ4n) is 3.47. The molecule has 0 radical (unpaired) electrons. The van der Waals surface area contributed by atoms with E-state index in [9.17, 15) is 24.3 Å². The lowest BCUT2D eigenvalue weighted by molar-refractivity contribution is -0.137. The first-order valence-electron chi connectivity index (χ1n) is 10.2. The molecule has 2 aromatic heterocycles. The van der Waals surface area contributed by atoms with E-state index in [4.69, 9.17) is 15.4 Å². The van der Waals surface area contributed by atoms with Crippen LogP contribution in [0.25, 0.3) is 17.1 Å². The molecular formula is C21H21N5O7. The van der Waals surface area contributed by atoms with E-state index in [0.29, 0.717) is 23.8 Å². The Balaban J connectivity index is 1.92. The van der Waals surface area contributed by atoms with Gasteiger partial charge in [-0.25, -0.2) is 9.36 Å². The van der Waals surface area contributed by atoms with Gasteiger partial charge in [0.2, 0.25) is 23.4 Å². The Labute approximate surface area is 185 Å². The molecule has 2 heterocycles. The van der Waals surface area contributed by atoms with Crippen LogP contribution in [0.3, 0.4) is 0 Å².